The van der Waals surface area contributed by atoms with E-state index in [0.717, 1.165) is 13.2 Å². The molecular formula is C16H33NO. The summed E-state index contributed by atoms with van der Waals surface area (Å²) in [6, 6.07) is 0.690. The van der Waals surface area contributed by atoms with Gasteiger partial charge in [-0.15, -0.1) is 6.58 Å². The van der Waals surface area contributed by atoms with Gasteiger partial charge in [-0.05, 0) is 12.8 Å². The Hall–Kier alpha value is -0.340. The standard InChI is InChI=1S/C16H33NO/c1-4-7-9-11-16(12-10-8-5-2)17-13-15-18-14-6-3/h6,16-17H,3-5,7-15H2,1-2H3. The molecule has 0 heterocycles. The van der Waals surface area contributed by atoms with E-state index in [0.29, 0.717) is 12.6 Å². The summed E-state index contributed by atoms with van der Waals surface area (Å²) in [6.07, 6.45) is 12.5. The first kappa shape index (κ1) is 17.7. The SMILES string of the molecule is C=CCOCCNC(CCCCC)CCCCC. The largest absolute Gasteiger partial charge is 0.376 e. The van der Waals surface area contributed by atoms with Gasteiger partial charge >= 0.3 is 0 Å². The van der Waals surface area contributed by atoms with Crippen molar-refractivity contribution in [3.05, 3.63) is 12.7 Å². The summed E-state index contributed by atoms with van der Waals surface area (Å²) in [4.78, 5) is 0. The van der Waals surface area contributed by atoms with E-state index in [9.17, 15) is 0 Å². The molecule has 0 amide bonds. The van der Waals surface area contributed by atoms with Crippen LogP contribution in [-0.4, -0.2) is 25.8 Å². The van der Waals surface area contributed by atoms with Crippen LogP contribution in [0.3, 0.4) is 0 Å². The van der Waals surface area contributed by atoms with Crippen LogP contribution >= 0.6 is 0 Å². The van der Waals surface area contributed by atoms with Crippen LogP contribution in [0, 0.1) is 0 Å². The first-order chi connectivity index (χ1) is 8.85. The fraction of sp³-hybridized carbons (Fsp3) is 0.875. The molecule has 0 aromatic heterocycles. The summed E-state index contributed by atoms with van der Waals surface area (Å²) in [5, 5.41) is 3.64. The predicted octanol–water partition coefficient (Wildman–Crippen LogP) is 4.31. The maximum atomic E-state index is 5.40. The molecule has 2 heteroatoms. The van der Waals surface area contributed by atoms with Crippen molar-refractivity contribution in [1.29, 1.82) is 0 Å². The van der Waals surface area contributed by atoms with Gasteiger partial charge in [-0.25, -0.2) is 0 Å². The van der Waals surface area contributed by atoms with E-state index >= 15 is 0 Å². The molecule has 18 heavy (non-hydrogen) atoms. The van der Waals surface area contributed by atoms with Gasteiger partial charge in [0.2, 0.25) is 0 Å². The number of hydrogen-bond donors (Lipinski definition) is 1. The number of ether oxygens (including phenoxy) is 1. The van der Waals surface area contributed by atoms with Crippen LogP contribution in [0.5, 0.6) is 0 Å². The van der Waals surface area contributed by atoms with E-state index in [1.54, 1.807) is 6.08 Å². The molecule has 0 saturated carbocycles. The molecule has 108 valence electrons. The Labute approximate surface area is 114 Å². The number of rotatable bonds is 14. The lowest BCUT2D eigenvalue weighted by molar-refractivity contribution is 0.160. The van der Waals surface area contributed by atoms with Crippen LogP contribution < -0.4 is 5.32 Å². The van der Waals surface area contributed by atoms with Gasteiger partial charge in [0.25, 0.3) is 0 Å². The molecule has 0 aromatic rings. The van der Waals surface area contributed by atoms with E-state index in [1.165, 1.54) is 51.4 Å². The molecule has 0 fully saturated rings. The third-order valence-corrected chi connectivity index (χ3v) is 3.23. The van der Waals surface area contributed by atoms with Gasteiger partial charge in [-0.3, -0.25) is 0 Å². The van der Waals surface area contributed by atoms with Crippen LogP contribution in [0.2, 0.25) is 0 Å². The summed E-state index contributed by atoms with van der Waals surface area (Å²) >= 11 is 0. The Kier molecular flexibility index (Phi) is 14.4. The Balaban J connectivity index is 3.62. The van der Waals surface area contributed by atoms with Gasteiger partial charge in [-0.2, -0.15) is 0 Å². The summed E-state index contributed by atoms with van der Waals surface area (Å²) in [5.41, 5.74) is 0. The third kappa shape index (κ3) is 12.1. The molecule has 0 bridgehead atoms. The minimum absolute atomic E-state index is 0.665. The molecule has 0 aromatic carbocycles. The highest BCUT2D eigenvalue weighted by molar-refractivity contribution is 4.68. The van der Waals surface area contributed by atoms with Crippen molar-refractivity contribution in [2.75, 3.05) is 19.8 Å². The van der Waals surface area contributed by atoms with Crippen LogP contribution in [0.4, 0.5) is 0 Å². The fourth-order valence-corrected chi connectivity index (χ4v) is 2.13. The zero-order valence-corrected chi connectivity index (χ0v) is 12.5. The first-order valence-electron chi connectivity index (χ1n) is 7.77. The van der Waals surface area contributed by atoms with E-state index in [2.05, 4.69) is 25.7 Å². The Morgan fingerprint density at radius 3 is 2.17 bits per heavy atom. The number of hydrogen-bond acceptors (Lipinski definition) is 2. The smallest absolute Gasteiger partial charge is 0.0645 e. The second-order valence-electron chi connectivity index (χ2n) is 5.01. The fourth-order valence-electron chi connectivity index (χ4n) is 2.13. The molecule has 0 radical (unpaired) electrons. The Bertz CT molecular complexity index is 160. The van der Waals surface area contributed by atoms with Gasteiger partial charge in [-0.1, -0.05) is 58.4 Å². The summed E-state index contributed by atoms with van der Waals surface area (Å²) in [6.45, 7) is 10.6. The number of unbranched alkanes of at least 4 members (excludes halogenated alkanes) is 4. The second kappa shape index (κ2) is 14.7. The molecule has 0 aliphatic carbocycles. The summed E-state index contributed by atoms with van der Waals surface area (Å²) in [5.74, 6) is 0. The number of nitrogens with one attached hydrogen (secondary N) is 1. The van der Waals surface area contributed by atoms with Crippen molar-refractivity contribution in [3.8, 4) is 0 Å². The summed E-state index contributed by atoms with van der Waals surface area (Å²) in [7, 11) is 0. The van der Waals surface area contributed by atoms with E-state index < -0.39 is 0 Å². The van der Waals surface area contributed by atoms with Gasteiger partial charge in [0, 0.05) is 12.6 Å². The topological polar surface area (TPSA) is 21.3 Å². The van der Waals surface area contributed by atoms with E-state index in [1.807, 2.05) is 0 Å². The minimum atomic E-state index is 0.665. The molecule has 0 saturated heterocycles. The monoisotopic (exact) mass is 255 g/mol. The van der Waals surface area contributed by atoms with Crippen molar-refractivity contribution >= 4 is 0 Å². The lowest BCUT2D eigenvalue weighted by atomic mass is 10.0. The quantitative estimate of drug-likeness (QED) is 0.369. The Morgan fingerprint density at radius 1 is 1.06 bits per heavy atom. The second-order valence-corrected chi connectivity index (χ2v) is 5.01. The first-order valence-corrected chi connectivity index (χ1v) is 7.77. The zero-order valence-electron chi connectivity index (χ0n) is 12.5. The van der Waals surface area contributed by atoms with Gasteiger partial charge in [0.15, 0.2) is 0 Å². The lowest BCUT2D eigenvalue weighted by Crippen LogP contribution is -2.32. The highest BCUT2D eigenvalue weighted by Crippen LogP contribution is 2.10. The lowest BCUT2D eigenvalue weighted by Gasteiger charge is -2.18. The van der Waals surface area contributed by atoms with Crippen LogP contribution in [-0.2, 0) is 4.74 Å². The molecule has 0 atom stereocenters. The molecule has 2 nitrogen and oxygen atoms in total. The molecule has 1 N–H and O–H groups in total. The van der Waals surface area contributed by atoms with Crippen molar-refractivity contribution in [2.24, 2.45) is 0 Å². The van der Waals surface area contributed by atoms with Crippen LogP contribution in [0.1, 0.15) is 65.2 Å². The predicted molar refractivity (Wildman–Crippen MR) is 81.1 cm³/mol. The van der Waals surface area contributed by atoms with E-state index in [4.69, 9.17) is 4.74 Å². The van der Waals surface area contributed by atoms with Crippen LogP contribution in [0.15, 0.2) is 12.7 Å². The van der Waals surface area contributed by atoms with Crippen molar-refractivity contribution < 1.29 is 4.74 Å². The molecule has 0 aliphatic rings. The summed E-state index contributed by atoms with van der Waals surface area (Å²) < 4.78 is 5.40. The van der Waals surface area contributed by atoms with Crippen molar-refractivity contribution in [3.63, 3.8) is 0 Å². The molecular weight excluding hydrogens is 222 g/mol. The van der Waals surface area contributed by atoms with Gasteiger partial charge in [0.1, 0.15) is 0 Å². The molecule has 0 spiro atoms. The molecule has 0 aliphatic heterocycles. The molecule has 0 rings (SSSR count). The zero-order chi connectivity index (χ0) is 13.5. The van der Waals surface area contributed by atoms with Gasteiger partial charge in [0.05, 0.1) is 13.2 Å². The Morgan fingerprint density at radius 2 is 1.67 bits per heavy atom. The third-order valence-electron chi connectivity index (χ3n) is 3.23. The van der Waals surface area contributed by atoms with Crippen molar-refractivity contribution in [1.82, 2.24) is 5.32 Å². The van der Waals surface area contributed by atoms with Crippen molar-refractivity contribution in [2.45, 2.75) is 71.3 Å². The van der Waals surface area contributed by atoms with Crippen LogP contribution in [0.25, 0.3) is 0 Å². The normalized spacial score (nSPS) is 11.1. The highest BCUT2D eigenvalue weighted by Gasteiger charge is 2.06. The van der Waals surface area contributed by atoms with E-state index in [-0.39, 0.29) is 0 Å². The van der Waals surface area contributed by atoms with Gasteiger partial charge < -0.3 is 10.1 Å². The average Bonchev–Trinajstić information content (AvgIpc) is 2.38. The average molecular weight is 255 g/mol. The minimum Gasteiger partial charge on any atom is -0.376 e. The highest BCUT2D eigenvalue weighted by atomic mass is 16.5. The maximum absolute atomic E-state index is 5.40. The molecule has 0 unspecified atom stereocenters. The maximum Gasteiger partial charge on any atom is 0.0645 e.